The lowest BCUT2D eigenvalue weighted by Crippen LogP contribution is -2.43. The van der Waals surface area contributed by atoms with E-state index >= 15 is 0 Å². The summed E-state index contributed by atoms with van der Waals surface area (Å²) >= 11 is 0. The average molecular weight is 310 g/mol. The lowest BCUT2D eigenvalue weighted by Gasteiger charge is -2.37. The maximum Gasteiger partial charge on any atom is 0.228 e. The fourth-order valence-electron chi connectivity index (χ4n) is 3.74. The number of carbonyl (C=O) groups excluding carboxylic acids is 1. The minimum Gasteiger partial charge on any atom is -0.301 e. The van der Waals surface area contributed by atoms with Gasteiger partial charge >= 0.3 is 0 Å². The van der Waals surface area contributed by atoms with Gasteiger partial charge in [-0.2, -0.15) is 0 Å². The van der Waals surface area contributed by atoms with Crippen molar-refractivity contribution in [2.45, 2.75) is 58.0 Å². The number of carbonyl (C=O) groups is 1. The number of likely N-dealkylation sites (tertiary alicyclic amines) is 1. The van der Waals surface area contributed by atoms with E-state index in [-0.39, 0.29) is 5.91 Å². The summed E-state index contributed by atoms with van der Waals surface area (Å²) in [5.74, 6) is 6.72. The lowest BCUT2D eigenvalue weighted by atomic mass is 9.98. The molecule has 3 heteroatoms. The molecule has 2 heterocycles. The van der Waals surface area contributed by atoms with Gasteiger partial charge in [-0.1, -0.05) is 36.5 Å². The lowest BCUT2D eigenvalue weighted by molar-refractivity contribution is -0.118. The molecule has 0 aromatic heterocycles. The summed E-state index contributed by atoms with van der Waals surface area (Å²) in [6, 6.07) is 9.41. The van der Waals surface area contributed by atoms with Crippen LogP contribution < -0.4 is 4.90 Å². The molecule has 1 saturated heterocycles. The SMILES string of the molecule is C[C@H]1CCC[C@H](C)N1CC#CCN1C(=O)CCc2ccccc21. The van der Waals surface area contributed by atoms with Gasteiger partial charge < -0.3 is 4.90 Å². The maximum absolute atomic E-state index is 12.2. The van der Waals surface area contributed by atoms with E-state index in [0.717, 1.165) is 18.7 Å². The molecule has 2 aliphatic rings. The Morgan fingerprint density at radius 2 is 1.74 bits per heavy atom. The van der Waals surface area contributed by atoms with Crippen LogP contribution in [0.25, 0.3) is 0 Å². The monoisotopic (exact) mass is 310 g/mol. The molecule has 0 spiro atoms. The Bertz CT molecular complexity index is 618. The van der Waals surface area contributed by atoms with Crippen LogP contribution in [0.4, 0.5) is 5.69 Å². The van der Waals surface area contributed by atoms with Gasteiger partial charge in [0.1, 0.15) is 0 Å². The van der Waals surface area contributed by atoms with Crippen molar-refractivity contribution in [1.82, 2.24) is 4.90 Å². The number of hydrogen-bond acceptors (Lipinski definition) is 2. The molecule has 1 aromatic rings. The van der Waals surface area contributed by atoms with E-state index in [2.05, 4.69) is 36.7 Å². The number of amides is 1. The van der Waals surface area contributed by atoms with E-state index in [0.29, 0.717) is 25.0 Å². The van der Waals surface area contributed by atoms with Gasteiger partial charge in [0.25, 0.3) is 0 Å². The number of nitrogens with zero attached hydrogens (tertiary/aromatic N) is 2. The molecule has 0 bridgehead atoms. The molecule has 1 aromatic carbocycles. The quantitative estimate of drug-likeness (QED) is 0.783. The van der Waals surface area contributed by atoms with Crippen molar-refractivity contribution in [2.75, 3.05) is 18.0 Å². The number of para-hydroxylation sites is 1. The zero-order valence-corrected chi connectivity index (χ0v) is 14.2. The fraction of sp³-hybridized carbons (Fsp3) is 0.550. The molecule has 0 N–H and O–H groups in total. The highest BCUT2D eigenvalue weighted by molar-refractivity contribution is 5.96. The largest absolute Gasteiger partial charge is 0.301 e. The molecule has 1 fully saturated rings. The van der Waals surface area contributed by atoms with Crippen molar-refractivity contribution >= 4 is 11.6 Å². The Morgan fingerprint density at radius 3 is 2.52 bits per heavy atom. The van der Waals surface area contributed by atoms with Gasteiger partial charge in [-0.25, -0.2) is 0 Å². The van der Waals surface area contributed by atoms with Crippen LogP contribution in [0.1, 0.15) is 45.1 Å². The van der Waals surface area contributed by atoms with Gasteiger partial charge in [0.05, 0.1) is 13.1 Å². The first kappa shape index (κ1) is 16.1. The van der Waals surface area contributed by atoms with E-state index < -0.39 is 0 Å². The number of rotatable bonds is 2. The highest BCUT2D eigenvalue weighted by Gasteiger charge is 2.24. The number of benzene rings is 1. The summed E-state index contributed by atoms with van der Waals surface area (Å²) in [6.45, 7) is 5.90. The molecule has 3 nitrogen and oxygen atoms in total. The summed E-state index contributed by atoms with van der Waals surface area (Å²) < 4.78 is 0. The van der Waals surface area contributed by atoms with Gasteiger partial charge in [-0.3, -0.25) is 9.69 Å². The smallest absolute Gasteiger partial charge is 0.228 e. The second-order valence-corrected chi connectivity index (χ2v) is 6.76. The van der Waals surface area contributed by atoms with E-state index in [9.17, 15) is 4.79 Å². The zero-order chi connectivity index (χ0) is 16.2. The average Bonchev–Trinajstić information content (AvgIpc) is 2.55. The minimum atomic E-state index is 0.192. The molecule has 1 amide bonds. The topological polar surface area (TPSA) is 23.6 Å². The minimum absolute atomic E-state index is 0.192. The first-order valence-electron chi connectivity index (χ1n) is 8.76. The van der Waals surface area contributed by atoms with E-state index in [1.807, 2.05) is 23.1 Å². The Morgan fingerprint density at radius 1 is 1.04 bits per heavy atom. The van der Waals surface area contributed by atoms with Crippen LogP contribution in [-0.2, 0) is 11.2 Å². The third-order valence-corrected chi connectivity index (χ3v) is 5.19. The molecule has 122 valence electrons. The summed E-state index contributed by atoms with van der Waals surface area (Å²) in [4.78, 5) is 16.5. The molecule has 2 atom stereocenters. The van der Waals surface area contributed by atoms with Gasteiger partial charge in [0.15, 0.2) is 0 Å². The summed E-state index contributed by atoms with van der Waals surface area (Å²) in [6.07, 6.45) is 5.31. The zero-order valence-electron chi connectivity index (χ0n) is 14.2. The Kier molecular flexibility index (Phi) is 5.03. The maximum atomic E-state index is 12.2. The van der Waals surface area contributed by atoms with Crippen LogP contribution in [0.3, 0.4) is 0 Å². The van der Waals surface area contributed by atoms with Crippen LogP contribution in [0, 0.1) is 11.8 Å². The standard InChI is InChI=1S/C20H26N2O/c1-16-8-7-9-17(2)21(16)14-5-6-15-22-19-11-4-3-10-18(19)12-13-20(22)23/h3-4,10-11,16-17H,7-9,12-15H2,1-2H3/t16-,17-/m0/s1. The summed E-state index contributed by atoms with van der Waals surface area (Å²) in [5, 5.41) is 0. The van der Waals surface area contributed by atoms with Gasteiger partial charge in [0, 0.05) is 24.2 Å². The third kappa shape index (κ3) is 3.59. The molecule has 3 rings (SSSR count). The predicted octanol–water partition coefficient (Wildman–Crippen LogP) is 3.23. The summed E-state index contributed by atoms with van der Waals surface area (Å²) in [5.41, 5.74) is 2.30. The Balaban J connectivity index is 1.64. The molecule has 23 heavy (non-hydrogen) atoms. The van der Waals surface area contributed by atoms with Crippen LogP contribution in [0.15, 0.2) is 24.3 Å². The van der Waals surface area contributed by atoms with Crippen molar-refractivity contribution in [3.8, 4) is 11.8 Å². The highest BCUT2D eigenvalue weighted by atomic mass is 16.2. The first-order valence-corrected chi connectivity index (χ1v) is 8.76. The molecular weight excluding hydrogens is 284 g/mol. The normalized spacial score (nSPS) is 24.8. The Hall–Kier alpha value is -1.79. The van der Waals surface area contributed by atoms with Gasteiger partial charge in [0.2, 0.25) is 5.91 Å². The van der Waals surface area contributed by atoms with Crippen LogP contribution in [-0.4, -0.2) is 36.0 Å². The number of hydrogen-bond donors (Lipinski definition) is 0. The number of piperidine rings is 1. The molecule has 0 unspecified atom stereocenters. The third-order valence-electron chi connectivity index (χ3n) is 5.19. The van der Waals surface area contributed by atoms with Crippen LogP contribution in [0.5, 0.6) is 0 Å². The number of aryl methyl sites for hydroxylation is 1. The van der Waals surface area contributed by atoms with Crippen molar-refractivity contribution in [1.29, 1.82) is 0 Å². The van der Waals surface area contributed by atoms with Crippen molar-refractivity contribution < 1.29 is 4.79 Å². The van der Waals surface area contributed by atoms with Crippen LogP contribution >= 0.6 is 0 Å². The van der Waals surface area contributed by atoms with E-state index in [4.69, 9.17) is 0 Å². The molecule has 0 radical (unpaired) electrons. The first-order chi connectivity index (χ1) is 11.2. The van der Waals surface area contributed by atoms with Crippen LogP contribution in [0.2, 0.25) is 0 Å². The van der Waals surface area contributed by atoms with Crippen molar-refractivity contribution in [3.05, 3.63) is 29.8 Å². The molecular formula is C20H26N2O. The van der Waals surface area contributed by atoms with E-state index in [1.165, 1.54) is 24.8 Å². The fourth-order valence-corrected chi connectivity index (χ4v) is 3.74. The second-order valence-electron chi connectivity index (χ2n) is 6.76. The summed E-state index contributed by atoms with van der Waals surface area (Å²) in [7, 11) is 0. The van der Waals surface area contributed by atoms with Gasteiger partial charge in [-0.15, -0.1) is 0 Å². The van der Waals surface area contributed by atoms with Crippen molar-refractivity contribution in [3.63, 3.8) is 0 Å². The highest BCUT2D eigenvalue weighted by Crippen LogP contribution is 2.27. The van der Waals surface area contributed by atoms with Crippen molar-refractivity contribution in [2.24, 2.45) is 0 Å². The molecule has 0 saturated carbocycles. The second kappa shape index (κ2) is 7.19. The molecule has 0 aliphatic carbocycles. The number of anilines is 1. The molecule has 2 aliphatic heterocycles. The van der Waals surface area contributed by atoms with Gasteiger partial charge in [-0.05, 0) is 44.7 Å². The number of fused-ring (bicyclic) bond motifs is 1. The Labute approximate surface area is 139 Å². The van der Waals surface area contributed by atoms with E-state index in [1.54, 1.807) is 0 Å². The predicted molar refractivity (Wildman–Crippen MR) is 94.4 cm³/mol.